The number of ether oxygens (including phenoxy) is 1. The van der Waals surface area contributed by atoms with Crippen molar-refractivity contribution in [1.29, 1.82) is 0 Å². The van der Waals surface area contributed by atoms with Crippen molar-refractivity contribution in [3.8, 4) is 0 Å². The summed E-state index contributed by atoms with van der Waals surface area (Å²) in [4.78, 5) is 34.1. The van der Waals surface area contributed by atoms with Crippen molar-refractivity contribution in [2.24, 2.45) is 5.92 Å². The van der Waals surface area contributed by atoms with E-state index in [1.165, 1.54) is 14.0 Å². The van der Waals surface area contributed by atoms with Crippen LogP contribution in [0.25, 0.3) is 0 Å². The molecular formula is C13H22O4. The molecule has 0 aromatic rings. The van der Waals surface area contributed by atoms with E-state index >= 15 is 0 Å². The molecule has 98 valence electrons. The molecule has 0 aliphatic carbocycles. The number of ketones is 2. The summed E-state index contributed by atoms with van der Waals surface area (Å²) in [6.07, 6.45) is 3.74. The predicted molar refractivity (Wildman–Crippen MR) is 64.6 cm³/mol. The van der Waals surface area contributed by atoms with Gasteiger partial charge in [-0.15, -0.1) is 0 Å². The van der Waals surface area contributed by atoms with Gasteiger partial charge in [-0.05, 0) is 13.3 Å². The van der Waals surface area contributed by atoms with Gasteiger partial charge in [-0.2, -0.15) is 0 Å². The SMILES string of the molecule is CCCCCC(C(=O)CCC(C)=O)C(=O)OC. The molecule has 0 radical (unpaired) electrons. The van der Waals surface area contributed by atoms with Crippen molar-refractivity contribution >= 4 is 17.5 Å². The lowest BCUT2D eigenvalue weighted by Gasteiger charge is -2.12. The number of hydrogen-bond acceptors (Lipinski definition) is 4. The Balaban J connectivity index is 4.29. The van der Waals surface area contributed by atoms with Gasteiger partial charge >= 0.3 is 5.97 Å². The van der Waals surface area contributed by atoms with Gasteiger partial charge in [-0.1, -0.05) is 26.2 Å². The molecule has 0 amide bonds. The summed E-state index contributed by atoms with van der Waals surface area (Å²) in [6.45, 7) is 3.50. The standard InChI is InChI=1S/C13H22O4/c1-4-5-6-7-11(13(16)17-3)12(15)9-8-10(2)14/h11H,4-9H2,1-3H3. The van der Waals surface area contributed by atoms with Crippen LogP contribution in [0.2, 0.25) is 0 Å². The van der Waals surface area contributed by atoms with Crippen LogP contribution in [0.15, 0.2) is 0 Å². The Morgan fingerprint density at radius 2 is 1.76 bits per heavy atom. The quantitative estimate of drug-likeness (QED) is 0.353. The first-order valence-electron chi connectivity index (χ1n) is 6.12. The molecule has 0 aromatic carbocycles. The van der Waals surface area contributed by atoms with Gasteiger partial charge in [0, 0.05) is 12.8 Å². The Hall–Kier alpha value is -1.19. The number of unbranched alkanes of at least 4 members (excludes halogenated alkanes) is 2. The van der Waals surface area contributed by atoms with Crippen LogP contribution in [0.5, 0.6) is 0 Å². The minimum absolute atomic E-state index is 0.0319. The summed E-state index contributed by atoms with van der Waals surface area (Å²) in [6, 6.07) is 0. The van der Waals surface area contributed by atoms with Gasteiger partial charge in [0.15, 0.2) is 0 Å². The van der Waals surface area contributed by atoms with E-state index in [1.54, 1.807) is 0 Å². The van der Waals surface area contributed by atoms with Crippen molar-refractivity contribution < 1.29 is 19.1 Å². The lowest BCUT2D eigenvalue weighted by molar-refractivity contribution is -0.150. The molecule has 0 N–H and O–H groups in total. The third-order valence-corrected chi connectivity index (χ3v) is 2.69. The van der Waals surface area contributed by atoms with Crippen LogP contribution in [0, 0.1) is 5.92 Å². The van der Waals surface area contributed by atoms with E-state index in [1.807, 2.05) is 0 Å². The fourth-order valence-electron chi connectivity index (χ4n) is 1.62. The van der Waals surface area contributed by atoms with Gasteiger partial charge in [0.1, 0.15) is 17.5 Å². The Bertz CT molecular complexity index is 271. The minimum Gasteiger partial charge on any atom is -0.468 e. The van der Waals surface area contributed by atoms with Gasteiger partial charge in [-0.25, -0.2) is 0 Å². The van der Waals surface area contributed by atoms with E-state index in [0.717, 1.165) is 19.3 Å². The summed E-state index contributed by atoms with van der Waals surface area (Å²) < 4.78 is 4.63. The molecule has 4 heteroatoms. The predicted octanol–water partition coefficient (Wildman–Crippen LogP) is 2.29. The summed E-state index contributed by atoms with van der Waals surface area (Å²) in [5, 5.41) is 0. The Kier molecular flexibility index (Phi) is 8.28. The monoisotopic (exact) mass is 242 g/mol. The largest absolute Gasteiger partial charge is 0.468 e. The second-order valence-corrected chi connectivity index (χ2v) is 4.24. The molecule has 0 bridgehead atoms. The van der Waals surface area contributed by atoms with Crippen molar-refractivity contribution in [3.63, 3.8) is 0 Å². The lowest BCUT2D eigenvalue weighted by atomic mass is 9.93. The molecule has 0 saturated heterocycles. The van der Waals surface area contributed by atoms with Crippen LogP contribution in [-0.4, -0.2) is 24.6 Å². The number of hydrogen-bond donors (Lipinski definition) is 0. The van der Waals surface area contributed by atoms with Crippen molar-refractivity contribution in [2.45, 2.75) is 52.4 Å². The van der Waals surface area contributed by atoms with Crippen molar-refractivity contribution in [2.75, 3.05) is 7.11 Å². The summed E-state index contributed by atoms with van der Waals surface area (Å²) in [7, 11) is 1.29. The third kappa shape index (κ3) is 6.87. The zero-order valence-electron chi connectivity index (χ0n) is 11.0. The Morgan fingerprint density at radius 1 is 1.12 bits per heavy atom. The molecule has 17 heavy (non-hydrogen) atoms. The zero-order chi connectivity index (χ0) is 13.3. The second kappa shape index (κ2) is 8.90. The van der Waals surface area contributed by atoms with E-state index in [0.29, 0.717) is 6.42 Å². The van der Waals surface area contributed by atoms with Crippen LogP contribution in [0.4, 0.5) is 0 Å². The number of methoxy groups -OCH3 is 1. The van der Waals surface area contributed by atoms with Crippen LogP contribution in [-0.2, 0) is 19.1 Å². The Morgan fingerprint density at radius 3 is 2.24 bits per heavy atom. The molecule has 1 atom stereocenters. The fourth-order valence-corrected chi connectivity index (χ4v) is 1.62. The van der Waals surface area contributed by atoms with E-state index in [-0.39, 0.29) is 24.4 Å². The highest BCUT2D eigenvalue weighted by molar-refractivity contribution is 6.00. The van der Waals surface area contributed by atoms with Crippen LogP contribution < -0.4 is 0 Å². The second-order valence-electron chi connectivity index (χ2n) is 4.24. The van der Waals surface area contributed by atoms with Gasteiger partial charge < -0.3 is 9.53 Å². The average Bonchev–Trinajstić information content (AvgIpc) is 2.30. The van der Waals surface area contributed by atoms with E-state index in [2.05, 4.69) is 11.7 Å². The first-order chi connectivity index (χ1) is 8.02. The van der Waals surface area contributed by atoms with Crippen molar-refractivity contribution in [3.05, 3.63) is 0 Å². The number of carbonyl (C=O) groups is 3. The first kappa shape index (κ1) is 15.8. The number of rotatable bonds is 9. The molecule has 1 unspecified atom stereocenters. The lowest BCUT2D eigenvalue weighted by Crippen LogP contribution is -2.25. The minimum atomic E-state index is -0.689. The highest BCUT2D eigenvalue weighted by atomic mass is 16.5. The number of carbonyl (C=O) groups excluding carboxylic acids is 3. The summed E-state index contributed by atoms with van der Waals surface area (Å²) in [5.41, 5.74) is 0. The van der Waals surface area contributed by atoms with Gasteiger partial charge in [0.25, 0.3) is 0 Å². The molecule has 0 heterocycles. The molecular weight excluding hydrogens is 220 g/mol. The van der Waals surface area contributed by atoms with Crippen LogP contribution in [0.3, 0.4) is 0 Å². The van der Waals surface area contributed by atoms with E-state index in [4.69, 9.17) is 0 Å². The van der Waals surface area contributed by atoms with Gasteiger partial charge in [0.05, 0.1) is 7.11 Å². The van der Waals surface area contributed by atoms with E-state index in [9.17, 15) is 14.4 Å². The normalized spacial score (nSPS) is 11.9. The van der Waals surface area contributed by atoms with Gasteiger partial charge in [-0.3, -0.25) is 9.59 Å². The highest BCUT2D eigenvalue weighted by Crippen LogP contribution is 2.15. The number of esters is 1. The highest BCUT2D eigenvalue weighted by Gasteiger charge is 2.26. The molecule has 0 fully saturated rings. The first-order valence-corrected chi connectivity index (χ1v) is 6.12. The fraction of sp³-hybridized carbons (Fsp3) is 0.769. The summed E-state index contributed by atoms with van der Waals surface area (Å²) >= 11 is 0. The van der Waals surface area contributed by atoms with Gasteiger partial charge in [0.2, 0.25) is 0 Å². The maximum absolute atomic E-state index is 11.8. The molecule has 0 spiro atoms. The molecule has 0 aliphatic rings. The topological polar surface area (TPSA) is 60.4 Å². The molecule has 0 rings (SSSR count). The van der Waals surface area contributed by atoms with Crippen LogP contribution >= 0.6 is 0 Å². The van der Waals surface area contributed by atoms with Crippen LogP contribution in [0.1, 0.15) is 52.4 Å². The molecule has 0 saturated carbocycles. The third-order valence-electron chi connectivity index (χ3n) is 2.69. The van der Waals surface area contributed by atoms with E-state index < -0.39 is 11.9 Å². The summed E-state index contributed by atoms with van der Waals surface area (Å²) in [5.74, 6) is -1.38. The molecule has 0 aliphatic heterocycles. The smallest absolute Gasteiger partial charge is 0.316 e. The molecule has 0 aromatic heterocycles. The van der Waals surface area contributed by atoms with Crippen molar-refractivity contribution in [1.82, 2.24) is 0 Å². The number of Topliss-reactive ketones (excluding diaryl/α,β-unsaturated/α-hetero) is 2. The average molecular weight is 242 g/mol. The Labute approximate surface area is 103 Å². The maximum Gasteiger partial charge on any atom is 0.316 e. The maximum atomic E-state index is 11.8. The zero-order valence-corrected chi connectivity index (χ0v) is 11.0. The molecule has 4 nitrogen and oxygen atoms in total.